The number of unbranched alkanes of at least 4 members (excludes halogenated alkanes) is 15. The molecule has 1 unspecified atom stereocenters. The predicted octanol–water partition coefficient (Wildman–Crippen LogP) is 9.23. The molecule has 4 nitrogen and oxygen atoms in total. The predicted molar refractivity (Wildman–Crippen MR) is 148 cm³/mol. The Morgan fingerprint density at radius 2 is 1.10 bits per heavy atom. The lowest BCUT2D eigenvalue weighted by molar-refractivity contribution is -0.315. The second-order valence-electron chi connectivity index (χ2n) is 10.9. The van der Waals surface area contributed by atoms with Crippen LogP contribution in [0.25, 0.3) is 0 Å². The number of esters is 1. The molecule has 0 saturated carbocycles. The van der Waals surface area contributed by atoms with Crippen LogP contribution in [0.3, 0.4) is 0 Å². The molecule has 0 radical (unpaired) electrons. The van der Waals surface area contributed by atoms with E-state index in [4.69, 9.17) is 4.74 Å². The van der Waals surface area contributed by atoms with Crippen molar-refractivity contribution >= 4 is 5.97 Å². The first kappa shape index (κ1) is 38.0. The Morgan fingerprint density at radius 3 is 1.56 bits per heavy atom. The minimum Gasteiger partial charge on any atom is -0.456 e. The largest absolute Gasteiger partial charge is 0.457 e. The molecule has 0 aromatic carbocycles. The van der Waals surface area contributed by atoms with E-state index >= 15 is 0 Å². The second-order valence-corrected chi connectivity index (χ2v) is 10.9. The summed E-state index contributed by atoms with van der Waals surface area (Å²) in [6.07, 6.45) is 7.87. The minimum atomic E-state index is -5.75. The molecule has 1 atom stereocenters. The minimum absolute atomic E-state index is 0.130. The molecule has 0 aromatic rings. The number of nitrogens with zero attached hydrogens (tertiary/aromatic N) is 1. The van der Waals surface area contributed by atoms with Gasteiger partial charge in [0.15, 0.2) is 6.10 Å². The molecular formula is C30H56F5NO3. The molecule has 0 heterocycles. The van der Waals surface area contributed by atoms with Crippen molar-refractivity contribution in [1.82, 2.24) is 4.90 Å². The summed E-state index contributed by atoms with van der Waals surface area (Å²) in [6, 6.07) is 0. The van der Waals surface area contributed by atoms with Gasteiger partial charge in [-0.05, 0) is 45.2 Å². The highest BCUT2D eigenvalue weighted by atomic mass is 19.4. The first-order valence-corrected chi connectivity index (χ1v) is 15.6. The third-order valence-electron chi connectivity index (χ3n) is 7.23. The van der Waals surface area contributed by atoms with Gasteiger partial charge in [0, 0.05) is 13.0 Å². The van der Waals surface area contributed by atoms with Crippen LogP contribution in [-0.2, 0) is 9.53 Å². The summed E-state index contributed by atoms with van der Waals surface area (Å²) in [5.74, 6) is -6.04. The lowest BCUT2D eigenvalue weighted by Crippen LogP contribution is -2.49. The fourth-order valence-electron chi connectivity index (χ4n) is 4.73. The van der Waals surface area contributed by atoms with Crippen LogP contribution in [0, 0.1) is 0 Å². The van der Waals surface area contributed by atoms with E-state index in [2.05, 4.69) is 18.7 Å². The van der Waals surface area contributed by atoms with Gasteiger partial charge in [0.1, 0.15) is 0 Å². The molecule has 0 spiro atoms. The number of aliphatic hydroxyl groups is 1. The van der Waals surface area contributed by atoms with Crippen molar-refractivity contribution in [3.05, 3.63) is 0 Å². The van der Waals surface area contributed by atoms with Crippen LogP contribution in [0.4, 0.5) is 22.0 Å². The van der Waals surface area contributed by atoms with Crippen molar-refractivity contribution in [3.63, 3.8) is 0 Å². The molecule has 0 aliphatic heterocycles. The third-order valence-corrected chi connectivity index (χ3v) is 7.23. The topological polar surface area (TPSA) is 49.8 Å². The lowest BCUT2D eigenvalue weighted by Gasteiger charge is -2.28. The average Bonchev–Trinajstić information content (AvgIpc) is 2.88. The summed E-state index contributed by atoms with van der Waals surface area (Å²) in [6.45, 7) is 6.92. The van der Waals surface area contributed by atoms with Gasteiger partial charge >= 0.3 is 18.1 Å². The smallest absolute Gasteiger partial charge is 0.456 e. The molecule has 9 heteroatoms. The number of rotatable bonds is 27. The number of carbonyl (C=O) groups excluding carboxylic acids is 1. The zero-order valence-electron chi connectivity index (χ0n) is 24.6. The fourth-order valence-corrected chi connectivity index (χ4v) is 4.73. The number of carbonyl (C=O) groups is 1. The van der Waals surface area contributed by atoms with Crippen molar-refractivity contribution < 1.29 is 36.6 Å². The van der Waals surface area contributed by atoms with Crippen LogP contribution in [0.15, 0.2) is 0 Å². The quantitative estimate of drug-likeness (QED) is 0.0605. The number of halogens is 5. The van der Waals surface area contributed by atoms with Crippen LogP contribution in [0.5, 0.6) is 0 Å². The number of aliphatic hydroxyl groups excluding tert-OH is 1. The van der Waals surface area contributed by atoms with E-state index < -0.39 is 30.6 Å². The standard InChI is InChI=1S/C30H56F5NO3/c1-3-5-7-9-11-13-17-21-27(29(31,32)30(33,34)35)39-28(38)22-18-14-12-16-20-24-36(25-26-37)23-19-15-10-8-6-4-2/h27,37H,3-26H2,1-2H3. The van der Waals surface area contributed by atoms with Gasteiger partial charge in [0.05, 0.1) is 6.61 Å². The first-order chi connectivity index (χ1) is 18.6. The summed E-state index contributed by atoms with van der Waals surface area (Å²) in [5.41, 5.74) is 0. The molecule has 234 valence electrons. The number of alkyl halides is 5. The number of hydrogen-bond donors (Lipinski definition) is 1. The first-order valence-electron chi connectivity index (χ1n) is 15.6. The van der Waals surface area contributed by atoms with Gasteiger partial charge in [-0.2, -0.15) is 22.0 Å². The fraction of sp³-hybridized carbons (Fsp3) is 0.967. The SMILES string of the molecule is CCCCCCCCCC(OC(=O)CCCCCCCN(CCO)CCCCCCCC)C(F)(F)C(F)(F)F. The van der Waals surface area contributed by atoms with E-state index in [0.29, 0.717) is 25.8 Å². The van der Waals surface area contributed by atoms with Crippen molar-refractivity contribution in [2.75, 3.05) is 26.2 Å². The summed E-state index contributed by atoms with van der Waals surface area (Å²) in [4.78, 5) is 14.4. The monoisotopic (exact) mass is 573 g/mol. The molecule has 0 saturated heterocycles. The zero-order valence-corrected chi connectivity index (χ0v) is 24.6. The Morgan fingerprint density at radius 1 is 0.667 bits per heavy atom. The maximum atomic E-state index is 14.0. The molecular weight excluding hydrogens is 517 g/mol. The van der Waals surface area contributed by atoms with Gasteiger partial charge < -0.3 is 14.7 Å². The van der Waals surface area contributed by atoms with Gasteiger partial charge in [-0.3, -0.25) is 4.79 Å². The highest BCUT2D eigenvalue weighted by Crippen LogP contribution is 2.41. The van der Waals surface area contributed by atoms with Crippen molar-refractivity contribution in [3.8, 4) is 0 Å². The van der Waals surface area contributed by atoms with Crippen LogP contribution in [0.1, 0.15) is 142 Å². The van der Waals surface area contributed by atoms with Crippen molar-refractivity contribution in [2.45, 2.75) is 160 Å². The van der Waals surface area contributed by atoms with E-state index in [1.807, 2.05) is 0 Å². The average molecular weight is 574 g/mol. The van der Waals surface area contributed by atoms with E-state index in [9.17, 15) is 31.9 Å². The Hall–Kier alpha value is -0.960. The van der Waals surface area contributed by atoms with Crippen molar-refractivity contribution in [1.29, 1.82) is 0 Å². The van der Waals surface area contributed by atoms with Gasteiger partial charge in [0.2, 0.25) is 0 Å². The molecule has 0 aliphatic carbocycles. The van der Waals surface area contributed by atoms with Gasteiger partial charge in [-0.15, -0.1) is 0 Å². The molecule has 0 amide bonds. The van der Waals surface area contributed by atoms with Crippen LogP contribution in [0.2, 0.25) is 0 Å². The molecule has 1 N–H and O–H groups in total. The Bertz CT molecular complexity index is 575. The summed E-state index contributed by atoms with van der Waals surface area (Å²) < 4.78 is 71.6. The van der Waals surface area contributed by atoms with E-state index in [0.717, 1.165) is 70.9 Å². The zero-order chi connectivity index (χ0) is 29.4. The second kappa shape index (κ2) is 23.7. The lowest BCUT2D eigenvalue weighted by atomic mass is 10.0. The Kier molecular flexibility index (Phi) is 23.1. The van der Waals surface area contributed by atoms with Gasteiger partial charge in [-0.25, -0.2) is 0 Å². The Labute approximate surface area is 234 Å². The molecule has 0 aliphatic rings. The molecule has 0 fully saturated rings. The molecule has 0 bridgehead atoms. The Balaban J connectivity index is 4.27. The molecule has 0 aromatic heterocycles. The highest BCUT2D eigenvalue weighted by Gasteiger charge is 2.63. The van der Waals surface area contributed by atoms with Gasteiger partial charge in [-0.1, -0.05) is 104 Å². The van der Waals surface area contributed by atoms with Crippen molar-refractivity contribution in [2.24, 2.45) is 0 Å². The number of hydrogen-bond acceptors (Lipinski definition) is 4. The third kappa shape index (κ3) is 19.7. The maximum absolute atomic E-state index is 14.0. The van der Waals surface area contributed by atoms with Gasteiger partial charge in [0.25, 0.3) is 0 Å². The summed E-state index contributed by atoms with van der Waals surface area (Å²) >= 11 is 0. The van der Waals surface area contributed by atoms with Crippen LogP contribution >= 0.6 is 0 Å². The van der Waals surface area contributed by atoms with E-state index in [1.54, 1.807) is 0 Å². The summed E-state index contributed by atoms with van der Waals surface area (Å²) in [7, 11) is 0. The maximum Gasteiger partial charge on any atom is 0.457 e. The highest BCUT2D eigenvalue weighted by molar-refractivity contribution is 5.69. The molecule has 39 heavy (non-hydrogen) atoms. The summed E-state index contributed by atoms with van der Waals surface area (Å²) in [5, 5.41) is 9.30. The normalized spacial score (nSPS) is 13.3. The molecule has 0 rings (SSSR count). The number of ether oxygens (including phenoxy) is 1. The van der Waals surface area contributed by atoms with E-state index in [-0.39, 0.29) is 19.4 Å². The van der Waals surface area contributed by atoms with Crippen LogP contribution < -0.4 is 0 Å². The van der Waals surface area contributed by atoms with E-state index in [1.165, 1.54) is 32.1 Å². The van der Waals surface area contributed by atoms with Crippen LogP contribution in [-0.4, -0.2) is 60.4 Å².